The Balaban J connectivity index is 2.71. The number of rotatable bonds is 4. The van der Waals surface area contributed by atoms with E-state index in [-0.39, 0.29) is 0 Å². The van der Waals surface area contributed by atoms with Crippen LogP contribution in [0.25, 0.3) is 0 Å². The molecule has 0 saturated carbocycles. The molecule has 0 amide bonds. The molecule has 2 nitrogen and oxygen atoms in total. The highest BCUT2D eigenvalue weighted by molar-refractivity contribution is 5.79. The maximum absolute atomic E-state index is 5.44. The maximum atomic E-state index is 5.44. The van der Waals surface area contributed by atoms with Crippen molar-refractivity contribution in [1.82, 2.24) is 0 Å². The minimum absolute atomic E-state index is 0.686. The number of para-hydroxylation sites is 1. The summed E-state index contributed by atoms with van der Waals surface area (Å²) in [5.41, 5.74) is 0.962. The standard InChI is InChI=1S/C12H17NO/c1-3-8-12(14-4-2)13-11-9-6-5-7-10-11/h5-7,9-10H,3-4,8H2,1-2H3. The van der Waals surface area contributed by atoms with Gasteiger partial charge < -0.3 is 4.74 Å². The predicted octanol–water partition coefficient (Wildman–Crippen LogP) is 3.55. The van der Waals surface area contributed by atoms with Crippen LogP contribution in [0.2, 0.25) is 0 Å². The number of nitrogens with zero attached hydrogens (tertiary/aromatic N) is 1. The fraction of sp³-hybridized carbons (Fsp3) is 0.417. The van der Waals surface area contributed by atoms with E-state index in [9.17, 15) is 0 Å². The third-order valence-corrected chi connectivity index (χ3v) is 1.78. The van der Waals surface area contributed by atoms with Gasteiger partial charge in [-0.1, -0.05) is 25.1 Å². The van der Waals surface area contributed by atoms with Crippen molar-refractivity contribution in [3.63, 3.8) is 0 Å². The van der Waals surface area contributed by atoms with Crippen LogP contribution in [0.4, 0.5) is 5.69 Å². The molecule has 0 fully saturated rings. The van der Waals surface area contributed by atoms with Gasteiger partial charge in [-0.2, -0.15) is 0 Å². The summed E-state index contributed by atoms with van der Waals surface area (Å²) in [7, 11) is 0. The average molecular weight is 191 g/mol. The lowest BCUT2D eigenvalue weighted by molar-refractivity contribution is 0.317. The van der Waals surface area contributed by atoms with Crippen LogP contribution in [-0.2, 0) is 4.74 Å². The van der Waals surface area contributed by atoms with Gasteiger partial charge in [0.15, 0.2) is 5.90 Å². The third-order valence-electron chi connectivity index (χ3n) is 1.78. The first-order valence-corrected chi connectivity index (χ1v) is 5.12. The Kier molecular flexibility index (Phi) is 4.76. The molecule has 2 heteroatoms. The van der Waals surface area contributed by atoms with Crippen molar-refractivity contribution >= 4 is 11.6 Å². The largest absolute Gasteiger partial charge is 0.481 e. The number of hydrogen-bond acceptors (Lipinski definition) is 2. The molecule has 1 aromatic carbocycles. The normalized spacial score (nSPS) is 11.4. The molecule has 0 aromatic heterocycles. The molecule has 0 radical (unpaired) electrons. The van der Waals surface area contributed by atoms with E-state index in [1.165, 1.54) is 0 Å². The zero-order chi connectivity index (χ0) is 10.2. The van der Waals surface area contributed by atoms with Crippen molar-refractivity contribution in [2.75, 3.05) is 6.61 Å². The molecule has 0 atom stereocenters. The van der Waals surface area contributed by atoms with Crippen LogP contribution in [0.1, 0.15) is 26.7 Å². The fourth-order valence-corrected chi connectivity index (χ4v) is 1.19. The van der Waals surface area contributed by atoms with Crippen molar-refractivity contribution < 1.29 is 4.74 Å². The summed E-state index contributed by atoms with van der Waals surface area (Å²) in [5.74, 6) is 0.834. The van der Waals surface area contributed by atoms with Gasteiger partial charge >= 0.3 is 0 Å². The van der Waals surface area contributed by atoms with Gasteiger partial charge in [0.1, 0.15) is 0 Å². The highest BCUT2D eigenvalue weighted by Gasteiger charge is 1.97. The molecule has 0 heterocycles. The Morgan fingerprint density at radius 3 is 2.50 bits per heavy atom. The molecule has 0 N–H and O–H groups in total. The molecule has 0 spiro atoms. The number of hydrogen-bond donors (Lipinski definition) is 0. The highest BCUT2D eigenvalue weighted by atomic mass is 16.5. The lowest BCUT2D eigenvalue weighted by Crippen LogP contribution is -2.03. The molecular formula is C12H17NO. The Hall–Kier alpha value is -1.31. The molecule has 1 aromatic rings. The maximum Gasteiger partial charge on any atom is 0.188 e. The van der Waals surface area contributed by atoms with E-state index in [0.29, 0.717) is 6.61 Å². The summed E-state index contributed by atoms with van der Waals surface area (Å²) in [6.45, 7) is 4.79. The summed E-state index contributed by atoms with van der Waals surface area (Å²) in [4.78, 5) is 4.43. The highest BCUT2D eigenvalue weighted by Crippen LogP contribution is 2.11. The topological polar surface area (TPSA) is 21.6 Å². The van der Waals surface area contributed by atoms with Gasteiger partial charge in [-0.15, -0.1) is 0 Å². The van der Waals surface area contributed by atoms with E-state index in [4.69, 9.17) is 4.74 Å². The molecule has 0 bridgehead atoms. The van der Waals surface area contributed by atoms with Gasteiger partial charge in [0, 0.05) is 6.42 Å². The van der Waals surface area contributed by atoms with Crippen LogP contribution in [0, 0.1) is 0 Å². The zero-order valence-electron chi connectivity index (χ0n) is 8.86. The van der Waals surface area contributed by atoms with E-state index in [2.05, 4.69) is 11.9 Å². The van der Waals surface area contributed by atoms with Gasteiger partial charge in [0.2, 0.25) is 0 Å². The molecule has 0 aliphatic rings. The SMILES string of the molecule is CCCC(=Nc1ccccc1)OCC. The predicted molar refractivity (Wildman–Crippen MR) is 60.1 cm³/mol. The molecule has 1 rings (SSSR count). The van der Waals surface area contributed by atoms with Crippen molar-refractivity contribution in [2.45, 2.75) is 26.7 Å². The molecular weight excluding hydrogens is 174 g/mol. The van der Waals surface area contributed by atoms with Crippen molar-refractivity contribution in [3.8, 4) is 0 Å². The Labute approximate surface area is 85.6 Å². The van der Waals surface area contributed by atoms with Gasteiger partial charge in [-0.05, 0) is 25.5 Å². The van der Waals surface area contributed by atoms with Crippen LogP contribution < -0.4 is 0 Å². The fourth-order valence-electron chi connectivity index (χ4n) is 1.19. The summed E-state index contributed by atoms with van der Waals surface area (Å²) in [6, 6.07) is 9.91. The van der Waals surface area contributed by atoms with Crippen molar-refractivity contribution in [2.24, 2.45) is 4.99 Å². The Morgan fingerprint density at radius 1 is 1.21 bits per heavy atom. The van der Waals surface area contributed by atoms with Crippen molar-refractivity contribution in [3.05, 3.63) is 30.3 Å². The van der Waals surface area contributed by atoms with E-state index >= 15 is 0 Å². The first-order valence-electron chi connectivity index (χ1n) is 5.12. The van der Waals surface area contributed by atoms with Gasteiger partial charge in [0.25, 0.3) is 0 Å². The number of benzene rings is 1. The van der Waals surface area contributed by atoms with E-state index < -0.39 is 0 Å². The summed E-state index contributed by atoms with van der Waals surface area (Å²) in [5, 5.41) is 0. The lowest BCUT2D eigenvalue weighted by atomic mass is 10.3. The van der Waals surface area contributed by atoms with E-state index in [1.54, 1.807) is 0 Å². The number of ether oxygens (including phenoxy) is 1. The van der Waals surface area contributed by atoms with E-state index in [0.717, 1.165) is 24.4 Å². The minimum atomic E-state index is 0.686. The second kappa shape index (κ2) is 6.19. The zero-order valence-corrected chi connectivity index (χ0v) is 8.86. The Bertz CT molecular complexity index is 272. The Morgan fingerprint density at radius 2 is 1.93 bits per heavy atom. The van der Waals surface area contributed by atoms with Gasteiger partial charge in [-0.3, -0.25) is 0 Å². The number of aliphatic imine (C=N–C) groups is 1. The molecule has 0 saturated heterocycles. The second-order valence-electron chi connectivity index (χ2n) is 3.02. The summed E-state index contributed by atoms with van der Waals surface area (Å²) >= 11 is 0. The van der Waals surface area contributed by atoms with Crippen LogP contribution >= 0.6 is 0 Å². The third kappa shape index (κ3) is 3.60. The van der Waals surface area contributed by atoms with Crippen LogP contribution in [0.3, 0.4) is 0 Å². The van der Waals surface area contributed by atoms with Crippen LogP contribution in [0.15, 0.2) is 35.3 Å². The van der Waals surface area contributed by atoms with Crippen LogP contribution in [-0.4, -0.2) is 12.5 Å². The van der Waals surface area contributed by atoms with E-state index in [1.807, 2.05) is 37.3 Å². The lowest BCUT2D eigenvalue weighted by Gasteiger charge is -2.05. The molecule has 0 unspecified atom stereocenters. The smallest absolute Gasteiger partial charge is 0.188 e. The van der Waals surface area contributed by atoms with Crippen LogP contribution in [0.5, 0.6) is 0 Å². The van der Waals surface area contributed by atoms with Gasteiger partial charge in [0.05, 0.1) is 12.3 Å². The monoisotopic (exact) mass is 191 g/mol. The summed E-state index contributed by atoms with van der Waals surface area (Å²) < 4.78 is 5.44. The van der Waals surface area contributed by atoms with Gasteiger partial charge in [-0.25, -0.2) is 4.99 Å². The summed E-state index contributed by atoms with van der Waals surface area (Å²) in [6.07, 6.45) is 1.97. The first-order chi connectivity index (χ1) is 6.86. The molecule has 0 aliphatic carbocycles. The first kappa shape index (κ1) is 10.8. The average Bonchev–Trinajstić information content (AvgIpc) is 2.20. The molecule has 14 heavy (non-hydrogen) atoms. The second-order valence-corrected chi connectivity index (χ2v) is 3.02. The molecule has 76 valence electrons. The van der Waals surface area contributed by atoms with Crippen molar-refractivity contribution in [1.29, 1.82) is 0 Å². The molecule has 0 aliphatic heterocycles. The minimum Gasteiger partial charge on any atom is -0.481 e. The quantitative estimate of drug-likeness (QED) is 0.526.